The summed E-state index contributed by atoms with van der Waals surface area (Å²) in [7, 11) is 1.57. The molecule has 16 heavy (non-hydrogen) atoms. The Balaban J connectivity index is 3.69. The highest BCUT2D eigenvalue weighted by molar-refractivity contribution is 5.76. The van der Waals surface area contributed by atoms with Crippen LogP contribution in [0.25, 0.3) is 0 Å². The summed E-state index contributed by atoms with van der Waals surface area (Å²) in [4.78, 5) is 21.4. The van der Waals surface area contributed by atoms with E-state index >= 15 is 0 Å². The van der Waals surface area contributed by atoms with E-state index in [4.69, 9.17) is 14.9 Å². The smallest absolute Gasteiger partial charge is 0.334 e. The van der Waals surface area contributed by atoms with E-state index in [9.17, 15) is 9.59 Å². The van der Waals surface area contributed by atoms with Crippen LogP contribution >= 0.6 is 0 Å². The van der Waals surface area contributed by atoms with Crippen molar-refractivity contribution >= 4 is 12.0 Å². The van der Waals surface area contributed by atoms with Crippen LogP contribution in [0.2, 0.25) is 0 Å². The zero-order valence-corrected chi connectivity index (χ0v) is 9.40. The average Bonchev–Trinajstić information content (AvgIpc) is 2.22. The first-order chi connectivity index (χ1) is 7.47. The van der Waals surface area contributed by atoms with Gasteiger partial charge in [0.25, 0.3) is 0 Å². The largest absolute Gasteiger partial charge is 0.479 e. The molecule has 1 unspecified atom stereocenters. The van der Waals surface area contributed by atoms with E-state index < -0.39 is 18.1 Å². The number of amides is 2. The van der Waals surface area contributed by atoms with Crippen LogP contribution in [0.1, 0.15) is 13.3 Å². The predicted octanol–water partition coefficient (Wildman–Crippen LogP) is -0.844. The van der Waals surface area contributed by atoms with E-state index in [1.807, 2.05) is 0 Å². The number of aliphatic hydroxyl groups excluding tert-OH is 1. The number of hydrogen-bond donors (Lipinski definition) is 4. The lowest BCUT2D eigenvalue weighted by atomic mass is 10.2. The fraction of sp³-hybridized carbons (Fsp3) is 0.778. The van der Waals surface area contributed by atoms with Crippen LogP contribution in [-0.2, 0) is 9.53 Å². The monoisotopic (exact) mass is 234 g/mol. The molecule has 0 aliphatic carbocycles. The van der Waals surface area contributed by atoms with E-state index in [0.29, 0.717) is 13.0 Å². The molecule has 2 atom stereocenters. The van der Waals surface area contributed by atoms with E-state index in [1.54, 1.807) is 14.0 Å². The Morgan fingerprint density at radius 1 is 1.44 bits per heavy atom. The molecular formula is C9H18N2O5. The molecule has 0 fully saturated rings. The number of urea groups is 1. The molecule has 4 N–H and O–H groups in total. The molecule has 0 aromatic rings. The highest BCUT2D eigenvalue weighted by atomic mass is 16.5. The van der Waals surface area contributed by atoms with Crippen LogP contribution in [0.5, 0.6) is 0 Å². The number of carbonyl (C=O) groups is 2. The Kier molecular flexibility index (Phi) is 7.23. The molecule has 0 saturated heterocycles. The zero-order chi connectivity index (χ0) is 12.6. The second-order valence-corrected chi connectivity index (χ2v) is 3.39. The Bertz CT molecular complexity index is 234. The minimum atomic E-state index is -1.58. The summed E-state index contributed by atoms with van der Waals surface area (Å²) < 4.78 is 4.83. The number of ether oxygens (including phenoxy) is 1. The van der Waals surface area contributed by atoms with Crippen LogP contribution < -0.4 is 10.6 Å². The lowest BCUT2D eigenvalue weighted by molar-refractivity contribution is -0.146. The molecule has 0 aliphatic rings. The van der Waals surface area contributed by atoms with Gasteiger partial charge in [-0.15, -0.1) is 0 Å². The normalized spacial score (nSPS) is 13.9. The quantitative estimate of drug-likeness (QED) is 0.459. The molecule has 2 amide bonds. The summed E-state index contributed by atoms with van der Waals surface area (Å²) >= 11 is 0. The van der Waals surface area contributed by atoms with Crippen LogP contribution in [0.15, 0.2) is 0 Å². The minimum absolute atomic E-state index is 0.0816. The fourth-order valence-electron chi connectivity index (χ4n) is 0.918. The lowest BCUT2D eigenvalue weighted by Gasteiger charge is -2.14. The van der Waals surface area contributed by atoms with Crippen molar-refractivity contribution in [3.63, 3.8) is 0 Å². The van der Waals surface area contributed by atoms with Gasteiger partial charge in [0.05, 0.1) is 6.54 Å². The second kappa shape index (κ2) is 7.89. The third kappa shape index (κ3) is 7.02. The first-order valence-electron chi connectivity index (χ1n) is 4.91. The van der Waals surface area contributed by atoms with Crippen molar-refractivity contribution in [3.8, 4) is 0 Å². The first kappa shape index (κ1) is 14.7. The third-order valence-electron chi connectivity index (χ3n) is 1.87. The zero-order valence-electron chi connectivity index (χ0n) is 9.40. The Morgan fingerprint density at radius 2 is 2.06 bits per heavy atom. The van der Waals surface area contributed by atoms with Crippen LogP contribution in [-0.4, -0.2) is 54.6 Å². The maximum absolute atomic E-state index is 11.2. The van der Waals surface area contributed by atoms with Crippen molar-refractivity contribution in [1.29, 1.82) is 0 Å². The number of carbonyl (C=O) groups excluding carboxylic acids is 1. The van der Waals surface area contributed by atoms with E-state index in [2.05, 4.69) is 10.6 Å². The number of aliphatic hydroxyl groups is 1. The van der Waals surface area contributed by atoms with Crippen molar-refractivity contribution in [1.82, 2.24) is 10.6 Å². The Hall–Kier alpha value is -1.34. The molecule has 0 bridgehead atoms. The number of aliphatic carboxylic acids is 1. The van der Waals surface area contributed by atoms with Crippen molar-refractivity contribution < 1.29 is 24.5 Å². The Labute approximate surface area is 93.8 Å². The molecule has 0 saturated carbocycles. The third-order valence-corrected chi connectivity index (χ3v) is 1.87. The van der Waals surface area contributed by atoms with E-state index in [-0.39, 0.29) is 12.6 Å². The van der Waals surface area contributed by atoms with Gasteiger partial charge in [0.15, 0.2) is 6.10 Å². The van der Waals surface area contributed by atoms with E-state index in [1.165, 1.54) is 0 Å². The van der Waals surface area contributed by atoms with Gasteiger partial charge in [0, 0.05) is 19.8 Å². The molecule has 94 valence electrons. The van der Waals surface area contributed by atoms with Crippen LogP contribution in [0.4, 0.5) is 4.79 Å². The molecular weight excluding hydrogens is 216 g/mol. The van der Waals surface area contributed by atoms with Crippen molar-refractivity contribution in [3.05, 3.63) is 0 Å². The molecule has 0 heterocycles. The van der Waals surface area contributed by atoms with Crippen molar-refractivity contribution in [2.24, 2.45) is 0 Å². The van der Waals surface area contributed by atoms with Gasteiger partial charge in [-0.3, -0.25) is 0 Å². The predicted molar refractivity (Wildman–Crippen MR) is 56.1 cm³/mol. The van der Waals surface area contributed by atoms with Gasteiger partial charge in [-0.1, -0.05) is 0 Å². The maximum Gasteiger partial charge on any atom is 0.334 e. The van der Waals surface area contributed by atoms with Gasteiger partial charge < -0.3 is 25.6 Å². The minimum Gasteiger partial charge on any atom is -0.479 e. The van der Waals surface area contributed by atoms with Gasteiger partial charge in [0.1, 0.15) is 0 Å². The van der Waals surface area contributed by atoms with Crippen LogP contribution in [0, 0.1) is 0 Å². The van der Waals surface area contributed by atoms with Gasteiger partial charge >= 0.3 is 12.0 Å². The summed E-state index contributed by atoms with van der Waals surface area (Å²) in [5.41, 5.74) is 0. The second-order valence-electron chi connectivity index (χ2n) is 3.39. The molecule has 0 rings (SSSR count). The van der Waals surface area contributed by atoms with Gasteiger partial charge in [0.2, 0.25) is 0 Å². The SMILES string of the molecule is COCCC(C)NC(=O)NC[C@H](O)C(=O)O. The molecule has 0 spiro atoms. The Morgan fingerprint density at radius 3 is 2.56 bits per heavy atom. The lowest BCUT2D eigenvalue weighted by Crippen LogP contribution is -2.45. The van der Waals surface area contributed by atoms with E-state index in [0.717, 1.165) is 0 Å². The summed E-state index contributed by atoms with van der Waals surface area (Å²) in [6.45, 7) is 2.00. The number of nitrogens with one attached hydrogen (secondary N) is 2. The van der Waals surface area contributed by atoms with Crippen molar-refractivity contribution in [2.75, 3.05) is 20.3 Å². The van der Waals surface area contributed by atoms with Crippen LogP contribution in [0.3, 0.4) is 0 Å². The van der Waals surface area contributed by atoms with Gasteiger partial charge in [-0.25, -0.2) is 9.59 Å². The summed E-state index contributed by atoms with van der Waals surface area (Å²) in [6.07, 6.45) is -0.925. The summed E-state index contributed by atoms with van der Waals surface area (Å²) in [5.74, 6) is -1.37. The highest BCUT2D eigenvalue weighted by Gasteiger charge is 2.14. The average molecular weight is 234 g/mol. The molecule has 7 heteroatoms. The number of hydrogen-bond acceptors (Lipinski definition) is 4. The number of carboxylic acids is 1. The standard InChI is InChI=1S/C9H18N2O5/c1-6(3-4-16-2)11-9(15)10-5-7(12)8(13)14/h6-7,12H,3-5H2,1-2H3,(H,13,14)(H2,10,11,15)/t6?,7-/m0/s1. The first-order valence-corrected chi connectivity index (χ1v) is 4.91. The fourth-order valence-corrected chi connectivity index (χ4v) is 0.918. The molecule has 0 aliphatic heterocycles. The molecule has 0 aromatic heterocycles. The molecule has 0 radical (unpaired) electrons. The topological polar surface area (TPSA) is 108 Å². The van der Waals surface area contributed by atoms with Crippen molar-refractivity contribution in [2.45, 2.75) is 25.5 Å². The van der Waals surface area contributed by atoms with Gasteiger partial charge in [-0.05, 0) is 13.3 Å². The maximum atomic E-state index is 11.2. The highest BCUT2D eigenvalue weighted by Crippen LogP contribution is 1.90. The summed E-state index contributed by atoms with van der Waals surface area (Å²) in [5, 5.41) is 22.1. The van der Waals surface area contributed by atoms with Gasteiger partial charge in [-0.2, -0.15) is 0 Å². The molecule has 0 aromatic carbocycles. The molecule has 7 nitrogen and oxygen atoms in total. The summed E-state index contributed by atoms with van der Waals surface area (Å²) in [6, 6.07) is -0.592. The number of carboxylic acid groups (broad SMARTS) is 1. The number of rotatable bonds is 7. The number of methoxy groups -OCH3 is 1.